The fourth-order valence-corrected chi connectivity index (χ4v) is 1.71. The Kier molecular flexibility index (Phi) is 3.12. The maximum absolute atomic E-state index is 9.72. The number of hydrogen-bond donors (Lipinski definition) is 2. The molecule has 1 atom stereocenters. The van der Waals surface area contributed by atoms with Crippen LogP contribution < -0.4 is 5.73 Å². The summed E-state index contributed by atoms with van der Waals surface area (Å²) in [7, 11) is 0. The molecular formula is C10H12BrNO. The highest BCUT2D eigenvalue weighted by atomic mass is 79.9. The number of aromatic hydroxyl groups is 1. The molecule has 70 valence electrons. The van der Waals surface area contributed by atoms with E-state index in [1.807, 2.05) is 19.1 Å². The molecule has 0 unspecified atom stereocenters. The summed E-state index contributed by atoms with van der Waals surface area (Å²) in [5, 5.41) is 9.72. The minimum Gasteiger partial charge on any atom is -0.507 e. The summed E-state index contributed by atoms with van der Waals surface area (Å²) < 4.78 is 0.808. The normalized spacial score (nSPS) is 12.5. The summed E-state index contributed by atoms with van der Waals surface area (Å²) in [4.78, 5) is 0. The number of rotatable bonds is 2. The van der Waals surface area contributed by atoms with Crippen molar-refractivity contribution >= 4 is 15.9 Å². The van der Waals surface area contributed by atoms with Gasteiger partial charge in [0, 0.05) is 10.0 Å². The molecule has 0 aliphatic heterocycles. The Labute approximate surface area is 86.2 Å². The molecule has 0 spiro atoms. The largest absolute Gasteiger partial charge is 0.507 e. The van der Waals surface area contributed by atoms with Crippen LogP contribution in [-0.2, 0) is 0 Å². The van der Waals surface area contributed by atoms with Gasteiger partial charge in [-0.3, -0.25) is 0 Å². The predicted octanol–water partition coefficient (Wildman–Crippen LogP) is 2.65. The Balaban J connectivity index is 3.32. The standard InChI is InChI=1S/C10H12BrNO/c1-3-8(12)9-7(11)5-4-6(2)10(9)13/h3-5,8,13H,1,12H2,2H3/t8-/m0/s1. The van der Waals surface area contributed by atoms with Crippen LogP contribution in [0.1, 0.15) is 17.2 Å². The van der Waals surface area contributed by atoms with E-state index in [9.17, 15) is 5.11 Å². The van der Waals surface area contributed by atoms with Gasteiger partial charge in [-0.15, -0.1) is 6.58 Å². The zero-order valence-electron chi connectivity index (χ0n) is 7.42. The minimum absolute atomic E-state index is 0.238. The first kappa shape index (κ1) is 10.3. The first-order chi connectivity index (χ1) is 6.07. The summed E-state index contributed by atoms with van der Waals surface area (Å²) in [5.74, 6) is 0.238. The van der Waals surface area contributed by atoms with Crippen molar-refractivity contribution in [1.29, 1.82) is 0 Å². The lowest BCUT2D eigenvalue weighted by atomic mass is 10.0. The molecule has 0 aliphatic rings. The van der Waals surface area contributed by atoms with Gasteiger partial charge < -0.3 is 10.8 Å². The van der Waals surface area contributed by atoms with Crippen LogP contribution in [0.25, 0.3) is 0 Å². The summed E-state index contributed by atoms with van der Waals surface area (Å²) in [5.41, 5.74) is 7.26. The summed E-state index contributed by atoms with van der Waals surface area (Å²) >= 11 is 3.33. The van der Waals surface area contributed by atoms with E-state index in [1.54, 1.807) is 6.08 Å². The number of aryl methyl sites for hydroxylation is 1. The van der Waals surface area contributed by atoms with Crippen molar-refractivity contribution in [3.8, 4) is 5.75 Å². The third kappa shape index (κ3) is 1.92. The molecule has 0 saturated carbocycles. The van der Waals surface area contributed by atoms with Crippen LogP contribution >= 0.6 is 15.9 Å². The van der Waals surface area contributed by atoms with Crippen LogP contribution in [-0.4, -0.2) is 5.11 Å². The van der Waals surface area contributed by atoms with E-state index in [-0.39, 0.29) is 11.8 Å². The molecule has 1 aromatic rings. The predicted molar refractivity (Wildman–Crippen MR) is 57.7 cm³/mol. The third-order valence-corrected chi connectivity index (χ3v) is 2.64. The summed E-state index contributed by atoms with van der Waals surface area (Å²) in [6.45, 7) is 5.43. The molecule has 0 saturated heterocycles. The number of phenols is 1. The van der Waals surface area contributed by atoms with Crippen LogP contribution in [0, 0.1) is 6.92 Å². The van der Waals surface area contributed by atoms with Gasteiger partial charge in [0.05, 0.1) is 6.04 Å². The maximum Gasteiger partial charge on any atom is 0.124 e. The molecule has 0 radical (unpaired) electrons. The molecule has 0 amide bonds. The second-order valence-electron chi connectivity index (χ2n) is 2.89. The van der Waals surface area contributed by atoms with Crippen molar-refractivity contribution in [3.05, 3.63) is 40.4 Å². The Bertz CT molecular complexity index is 336. The van der Waals surface area contributed by atoms with E-state index in [4.69, 9.17) is 5.73 Å². The highest BCUT2D eigenvalue weighted by Gasteiger charge is 2.13. The van der Waals surface area contributed by atoms with E-state index in [1.165, 1.54) is 0 Å². The lowest BCUT2D eigenvalue weighted by Gasteiger charge is -2.13. The topological polar surface area (TPSA) is 46.2 Å². The van der Waals surface area contributed by atoms with Gasteiger partial charge in [0.2, 0.25) is 0 Å². The first-order valence-corrected chi connectivity index (χ1v) is 4.73. The number of benzene rings is 1. The summed E-state index contributed by atoms with van der Waals surface area (Å²) in [6, 6.07) is 3.36. The van der Waals surface area contributed by atoms with E-state index < -0.39 is 0 Å². The lowest BCUT2D eigenvalue weighted by Crippen LogP contribution is -2.08. The van der Waals surface area contributed by atoms with Gasteiger partial charge in [-0.25, -0.2) is 0 Å². The Hall–Kier alpha value is -0.800. The molecule has 0 fully saturated rings. The van der Waals surface area contributed by atoms with Crippen molar-refractivity contribution in [2.24, 2.45) is 5.73 Å². The van der Waals surface area contributed by atoms with Crippen LogP contribution in [0.15, 0.2) is 29.3 Å². The smallest absolute Gasteiger partial charge is 0.124 e. The Morgan fingerprint density at radius 2 is 2.23 bits per heavy atom. The number of phenolic OH excluding ortho intramolecular Hbond substituents is 1. The van der Waals surface area contributed by atoms with Crippen molar-refractivity contribution in [3.63, 3.8) is 0 Å². The van der Waals surface area contributed by atoms with Crippen LogP contribution in [0.3, 0.4) is 0 Å². The van der Waals surface area contributed by atoms with E-state index >= 15 is 0 Å². The molecule has 0 aliphatic carbocycles. The van der Waals surface area contributed by atoms with E-state index in [0.717, 1.165) is 10.0 Å². The molecule has 0 heterocycles. The highest BCUT2D eigenvalue weighted by Crippen LogP contribution is 2.33. The molecule has 1 rings (SSSR count). The Morgan fingerprint density at radius 1 is 1.62 bits per heavy atom. The van der Waals surface area contributed by atoms with Gasteiger partial charge in [-0.05, 0) is 18.6 Å². The molecule has 13 heavy (non-hydrogen) atoms. The van der Waals surface area contributed by atoms with Crippen molar-refractivity contribution in [1.82, 2.24) is 0 Å². The van der Waals surface area contributed by atoms with E-state index in [0.29, 0.717) is 5.56 Å². The van der Waals surface area contributed by atoms with Crippen LogP contribution in [0.2, 0.25) is 0 Å². The van der Waals surface area contributed by atoms with Gasteiger partial charge in [0.1, 0.15) is 5.75 Å². The van der Waals surface area contributed by atoms with Gasteiger partial charge in [-0.2, -0.15) is 0 Å². The van der Waals surface area contributed by atoms with Crippen molar-refractivity contribution in [2.45, 2.75) is 13.0 Å². The Morgan fingerprint density at radius 3 is 2.77 bits per heavy atom. The number of hydrogen-bond acceptors (Lipinski definition) is 2. The van der Waals surface area contributed by atoms with Crippen LogP contribution in [0.5, 0.6) is 5.75 Å². The van der Waals surface area contributed by atoms with Crippen molar-refractivity contribution < 1.29 is 5.11 Å². The molecule has 3 N–H and O–H groups in total. The second-order valence-corrected chi connectivity index (χ2v) is 3.74. The maximum atomic E-state index is 9.72. The quantitative estimate of drug-likeness (QED) is 0.783. The molecule has 2 nitrogen and oxygen atoms in total. The molecule has 0 aromatic heterocycles. The minimum atomic E-state index is -0.339. The summed E-state index contributed by atoms with van der Waals surface area (Å²) in [6.07, 6.45) is 1.60. The zero-order valence-corrected chi connectivity index (χ0v) is 9.01. The molecule has 1 aromatic carbocycles. The number of nitrogens with two attached hydrogens (primary N) is 1. The molecular weight excluding hydrogens is 230 g/mol. The number of halogens is 1. The fraction of sp³-hybridized carbons (Fsp3) is 0.200. The van der Waals surface area contributed by atoms with Gasteiger partial charge >= 0.3 is 0 Å². The van der Waals surface area contributed by atoms with Gasteiger partial charge in [-0.1, -0.05) is 28.1 Å². The SMILES string of the molecule is C=C[C@H](N)c1c(Br)ccc(C)c1O. The average Bonchev–Trinajstić information content (AvgIpc) is 2.12. The highest BCUT2D eigenvalue weighted by molar-refractivity contribution is 9.10. The fourth-order valence-electron chi connectivity index (χ4n) is 1.13. The van der Waals surface area contributed by atoms with Crippen LogP contribution in [0.4, 0.5) is 0 Å². The molecule has 0 bridgehead atoms. The first-order valence-electron chi connectivity index (χ1n) is 3.94. The van der Waals surface area contributed by atoms with Crippen molar-refractivity contribution in [2.75, 3.05) is 0 Å². The monoisotopic (exact) mass is 241 g/mol. The van der Waals surface area contributed by atoms with E-state index in [2.05, 4.69) is 22.5 Å². The average molecular weight is 242 g/mol. The zero-order chi connectivity index (χ0) is 10.0. The molecule has 3 heteroatoms. The lowest BCUT2D eigenvalue weighted by molar-refractivity contribution is 0.461. The van der Waals surface area contributed by atoms with Gasteiger partial charge in [0.15, 0.2) is 0 Å². The third-order valence-electron chi connectivity index (χ3n) is 1.95. The van der Waals surface area contributed by atoms with Gasteiger partial charge in [0.25, 0.3) is 0 Å². The second kappa shape index (κ2) is 3.94.